The van der Waals surface area contributed by atoms with E-state index in [-0.39, 0.29) is 17.1 Å². The highest BCUT2D eigenvalue weighted by Gasteiger charge is 2.34. The van der Waals surface area contributed by atoms with Gasteiger partial charge in [-0.2, -0.15) is 0 Å². The van der Waals surface area contributed by atoms with Crippen molar-refractivity contribution in [2.45, 2.75) is 31.7 Å². The minimum absolute atomic E-state index is 0.104. The van der Waals surface area contributed by atoms with Gasteiger partial charge in [-0.05, 0) is 38.3 Å². The summed E-state index contributed by atoms with van der Waals surface area (Å²) in [5, 5.41) is 3.26. The summed E-state index contributed by atoms with van der Waals surface area (Å²) < 4.78 is 0. The number of nitrogens with zero attached hydrogens (tertiary/aromatic N) is 1. The van der Waals surface area contributed by atoms with E-state index >= 15 is 0 Å². The van der Waals surface area contributed by atoms with Gasteiger partial charge in [0.1, 0.15) is 11.5 Å². The molecule has 1 amide bonds. The Kier molecular flexibility index (Phi) is 2.76. The number of amides is 1. The molecule has 0 spiro atoms. The average molecular weight is 240 g/mol. The molecule has 1 saturated carbocycles. The van der Waals surface area contributed by atoms with Gasteiger partial charge in [-0.25, -0.2) is 4.98 Å². The van der Waals surface area contributed by atoms with Gasteiger partial charge < -0.3 is 11.1 Å². The maximum absolute atomic E-state index is 11.9. The van der Waals surface area contributed by atoms with Crippen molar-refractivity contribution in [1.29, 1.82) is 0 Å². The molecular weight excluding hydrogens is 226 g/mol. The van der Waals surface area contributed by atoms with E-state index in [0.29, 0.717) is 10.8 Å². The number of nitrogens with one attached hydrogen (secondary N) is 1. The number of hydrogen-bond acceptors (Lipinski definition) is 3. The first-order valence-corrected chi connectivity index (χ1v) is 5.62. The fraction of sp³-hybridized carbons (Fsp3) is 0.455. The molecule has 86 valence electrons. The number of carbonyl (C=O) groups is 1. The number of nitrogen functional groups attached to an aromatic ring is 1. The van der Waals surface area contributed by atoms with Crippen LogP contribution in [0.4, 0.5) is 5.82 Å². The van der Waals surface area contributed by atoms with Crippen LogP contribution in [-0.4, -0.2) is 16.4 Å². The Hall–Kier alpha value is -1.29. The molecule has 0 aliphatic heterocycles. The lowest BCUT2D eigenvalue weighted by Crippen LogP contribution is -2.51. The summed E-state index contributed by atoms with van der Waals surface area (Å²) in [5.74, 6) is 0.0489. The molecule has 0 radical (unpaired) electrons. The quantitative estimate of drug-likeness (QED) is 0.829. The van der Waals surface area contributed by atoms with E-state index in [2.05, 4.69) is 10.3 Å². The molecule has 0 bridgehead atoms. The molecule has 1 aromatic rings. The zero-order valence-electron chi connectivity index (χ0n) is 9.09. The minimum Gasteiger partial charge on any atom is -0.384 e. The standard InChI is InChI=1S/C11H14ClN3O/c1-11(5-2-6-11)15-10(16)9-7(12)3-4-8(13)14-9/h3-4H,2,5-6H2,1H3,(H2,13,14)(H,15,16). The molecule has 1 aromatic heterocycles. The summed E-state index contributed by atoms with van der Waals surface area (Å²) in [6.45, 7) is 2.02. The number of rotatable bonds is 2. The van der Waals surface area contributed by atoms with Crippen LogP contribution in [0.15, 0.2) is 12.1 Å². The Morgan fingerprint density at radius 3 is 2.81 bits per heavy atom. The van der Waals surface area contributed by atoms with Gasteiger partial charge in [-0.1, -0.05) is 11.6 Å². The smallest absolute Gasteiger partial charge is 0.271 e. The molecule has 0 saturated heterocycles. The summed E-state index contributed by atoms with van der Waals surface area (Å²) in [4.78, 5) is 15.9. The Bertz CT molecular complexity index is 429. The van der Waals surface area contributed by atoms with Crippen molar-refractivity contribution in [2.24, 2.45) is 0 Å². The highest BCUT2D eigenvalue weighted by molar-refractivity contribution is 6.33. The first-order valence-electron chi connectivity index (χ1n) is 5.25. The summed E-state index contributed by atoms with van der Waals surface area (Å²) in [6.07, 6.45) is 3.15. The van der Waals surface area contributed by atoms with Crippen molar-refractivity contribution < 1.29 is 4.79 Å². The van der Waals surface area contributed by atoms with Crippen LogP contribution in [0, 0.1) is 0 Å². The summed E-state index contributed by atoms with van der Waals surface area (Å²) >= 11 is 5.90. The zero-order chi connectivity index (χ0) is 11.8. The van der Waals surface area contributed by atoms with Crippen molar-refractivity contribution in [2.75, 3.05) is 5.73 Å². The Morgan fingerprint density at radius 1 is 1.56 bits per heavy atom. The van der Waals surface area contributed by atoms with Crippen LogP contribution < -0.4 is 11.1 Å². The fourth-order valence-corrected chi connectivity index (χ4v) is 1.97. The number of aromatic nitrogens is 1. The lowest BCUT2D eigenvalue weighted by Gasteiger charge is -2.39. The average Bonchev–Trinajstić information content (AvgIpc) is 2.19. The lowest BCUT2D eigenvalue weighted by molar-refractivity contribution is 0.0845. The molecule has 2 rings (SSSR count). The number of hydrogen-bond donors (Lipinski definition) is 2. The summed E-state index contributed by atoms with van der Waals surface area (Å²) in [5.41, 5.74) is 5.62. The first-order chi connectivity index (χ1) is 7.50. The van der Waals surface area contributed by atoms with Crippen molar-refractivity contribution in [1.82, 2.24) is 10.3 Å². The van der Waals surface area contributed by atoms with Crippen molar-refractivity contribution in [3.8, 4) is 0 Å². The number of pyridine rings is 1. The highest BCUT2D eigenvalue weighted by atomic mass is 35.5. The number of carbonyl (C=O) groups excluding carboxylic acids is 1. The molecule has 5 heteroatoms. The van der Waals surface area contributed by atoms with Gasteiger partial charge in [0.05, 0.1) is 5.02 Å². The molecule has 0 unspecified atom stereocenters. The molecule has 1 heterocycles. The Morgan fingerprint density at radius 2 is 2.25 bits per heavy atom. The van der Waals surface area contributed by atoms with Gasteiger partial charge in [0, 0.05) is 5.54 Å². The van der Waals surface area contributed by atoms with Crippen LogP contribution in [0.5, 0.6) is 0 Å². The molecule has 16 heavy (non-hydrogen) atoms. The van der Waals surface area contributed by atoms with Gasteiger partial charge >= 0.3 is 0 Å². The monoisotopic (exact) mass is 239 g/mol. The fourth-order valence-electron chi connectivity index (χ4n) is 1.78. The first kappa shape index (κ1) is 11.2. The topological polar surface area (TPSA) is 68.0 Å². The maximum atomic E-state index is 11.9. The van der Waals surface area contributed by atoms with E-state index in [1.54, 1.807) is 12.1 Å². The highest BCUT2D eigenvalue weighted by Crippen LogP contribution is 2.31. The molecule has 4 nitrogen and oxygen atoms in total. The minimum atomic E-state index is -0.250. The third-order valence-electron chi connectivity index (χ3n) is 2.96. The zero-order valence-corrected chi connectivity index (χ0v) is 9.84. The SMILES string of the molecule is CC1(NC(=O)c2nc(N)ccc2Cl)CCC1. The third-order valence-corrected chi connectivity index (χ3v) is 3.26. The van der Waals surface area contributed by atoms with E-state index in [1.165, 1.54) is 0 Å². The van der Waals surface area contributed by atoms with Gasteiger partial charge in [-0.3, -0.25) is 4.79 Å². The van der Waals surface area contributed by atoms with Gasteiger partial charge in [0.25, 0.3) is 5.91 Å². The molecular formula is C11H14ClN3O. The van der Waals surface area contributed by atoms with E-state index < -0.39 is 0 Å². The van der Waals surface area contributed by atoms with Crippen LogP contribution in [0.2, 0.25) is 5.02 Å². The van der Waals surface area contributed by atoms with Crippen LogP contribution in [-0.2, 0) is 0 Å². The van der Waals surface area contributed by atoms with Crippen molar-refractivity contribution in [3.05, 3.63) is 22.8 Å². The molecule has 1 fully saturated rings. The van der Waals surface area contributed by atoms with Crippen LogP contribution in [0.1, 0.15) is 36.7 Å². The Balaban J connectivity index is 2.17. The van der Waals surface area contributed by atoms with Crippen LogP contribution >= 0.6 is 11.6 Å². The predicted octanol–water partition coefficient (Wildman–Crippen LogP) is 1.99. The molecule has 3 N–H and O–H groups in total. The lowest BCUT2D eigenvalue weighted by atomic mass is 9.78. The molecule has 0 aromatic carbocycles. The van der Waals surface area contributed by atoms with Gasteiger partial charge in [0.2, 0.25) is 0 Å². The molecule has 1 aliphatic carbocycles. The normalized spacial score (nSPS) is 17.6. The predicted molar refractivity (Wildman–Crippen MR) is 63.4 cm³/mol. The second-order valence-corrected chi connectivity index (χ2v) is 4.84. The number of nitrogens with two attached hydrogens (primary N) is 1. The van der Waals surface area contributed by atoms with Crippen LogP contribution in [0.25, 0.3) is 0 Å². The number of anilines is 1. The van der Waals surface area contributed by atoms with E-state index in [1.807, 2.05) is 6.92 Å². The van der Waals surface area contributed by atoms with E-state index in [9.17, 15) is 4.79 Å². The van der Waals surface area contributed by atoms with Crippen molar-refractivity contribution in [3.63, 3.8) is 0 Å². The van der Waals surface area contributed by atoms with Gasteiger partial charge in [-0.15, -0.1) is 0 Å². The van der Waals surface area contributed by atoms with Crippen molar-refractivity contribution >= 4 is 23.3 Å². The molecule has 1 aliphatic rings. The second kappa shape index (κ2) is 3.94. The van der Waals surface area contributed by atoms with Crippen LogP contribution in [0.3, 0.4) is 0 Å². The summed E-state index contributed by atoms with van der Waals surface area (Å²) in [7, 11) is 0. The molecule has 0 atom stereocenters. The maximum Gasteiger partial charge on any atom is 0.271 e. The summed E-state index contributed by atoms with van der Waals surface area (Å²) in [6, 6.07) is 3.16. The van der Waals surface area contributed by atoms with E-state index in [0.717, 1.165) is 19.3 Å². The second-order valence-electron chi connectivity index (χ2n) is 4.43. The van der Waals surface area contributed by atoms with E-state index in [4.69, 9.17) is 17.3 Å². The van der Waals surface area contributed by atoms with Gasteiger partial charge in [0.15, 0.2) is 0 Å². The largest absolute Gasteiger partial charge is 0.384 e. The third kappa shape index (κ3) is 2.11. The Labute approximate surface area is 99.2 Å². The number of halogens is 1.